The summed E-state index contributed by atoms with van der Waals surface area (Å²) in [5, 5.41) is 21.7. The topological polar surface area (TPSA) is 244 Å². The fourth-order valence-corrected chi connectivity index (χ4v) is 5.77. The average Bonchev–Trinajstić information content (AvgIpc) is 3.81. The van der Waals surface area contributed by atoms with Gasteiger partial charge in [0.1, 0.15) is 29.9 Å². The number of ether oxygens (including phenoxy) is 2. The summed E-state index contributed by atoms with van der Waals surface area (Å²) in [6.07, 6.45) is 15.1. The van der Waals surface area contributed by atoms with E-state index < -0.39 is 20.9 Å². The molecule has 5 N–H and O–H groups in total. The number of amides is 3. The molecule has 18 nitrogen and oxygen atoms in total. The van der Waals surface area contributed by atoms with E-state index in [9.17, 15) is 27.6 Å². The molecule has 0 fully saturated rings. The van der Waals surface area contributed by atoms with E-state index in [0.29, 0.717) is 49.4 Å². The first kappa shape index (κ1) is 41.5. The van der Waals surface area contributed by atoms with Crippen molar-refractivity contribution in [3.05, 3.63) is 72.6 Å². The van der Waals surface area contributed by atoms with Crippen LogP contribution in [0.1, 0.15) is 57.6 Å². The first-order valence-corrected chi connectivity index (χ1v) is 19.3. The third-order valence-corrected chi connectivity index (χ3v) is 10.0. The number of aromatic nitrogens is 6. The second-order valence-electron chi connectivity index (χ2n) is 12.8. The van der Waals surface area contributed by atoms with Crippen molar-refractivity contribution in [3.63, 3.8) is 0 Å². The molecule has 1 unspecified atom stereocenters. The molecule has 3 heterocycles. The third-order valence-electron chi connectivity index (χ3n) is 8.44. The first-order chi connectivity index (χ1) is 25.9. The number of rotatable bonds is 22. The highest BCUT2D eigenvalue weighted by molar-refractivity contribution is 7.90. The Morgan fingerprint density at radius 2 is 1.70 bits per heavy atom. The number of sulfonamides is 1. The standard InChI is InChI=1S/C35H48N10O8S/c1-35(54(36,50)51)13-10-27(11-14-35)12-17-39-31(46)9-4-2-3-6-16-38-32(47)22-28-23-44(26-41-28)34(49)53-21-20-52-19-18-40-33(48)25-45-24-30(42-43-45)29-8-5-7-15-37-29/h5,7-8,10-11,13,15,23-24,26H,2-4,6,9,12,14,16-22,25H2,1H3,(H,38,47)(H,39,46)(H,40,48)(H2,36,50,51). The average molecular weight is 769 g/mol. The van der Waals surface area contributed by atoms with Crippen LogP contribution in [0.15, 0.2) is 66.9 Å². The largest absolute Gasteiger partial charge is 0.446 e. The van der Waals surface area contributed by atoms with E-state index in [1.54, 1.807) is 43.6 Å². The molecule has 292 valence electrons. The van der Waals surface area contributed by atoms with Gasteiger partial charge in [0.15, 0.2) is 0 Å². The lowest BCUT2D eigenvalue weighted by Crippen LogP contribution is -2.39. The molecule has 0 bridgehead atoms. The molecule has 0 saturated carbocycles. The van der Waals surface area contributed by atoms with Crippen LogP contribution in [-0.2, 0) is 46.8 Å². The van der Waals surface area contributed by atoms with Crippen LogP contribution in [0.3, 0.4) is 0 Å². The van der Waals surface area contributed by atoms with Crippen molar-refractivity contribution in [1.82, 2.24) is 45.5 Å². The fourth-order valence-electron chi connectivity index (χ4n) is 5.20. The van der Waals surface area contributed by atoms with Crippen LogP contribution >= 0.6 is 0 Å². The first-order valence-electron chi connectivity index (χ1n) is 17.7. The maximum atomic E-state index is 12.3. The van der Waals surface area contributed by atoms with Crippen LogP contribution in [0.2, 0.25) is 0 Å². The summed E-state index contributed by atoms with van der Waals surface area (Å²) in [4.78, 5) is 57.3. The van der Waals surface area contributed by atoms with E-state index in [1.165, 1.54) is 17.2 Å². The van der Waals surface area contributed by atoms with Crippen molar-refractivity contribution in [1.29, 1.82) is 0 Å². The Balaban J connectivity index is 0.956. The number of nitrogens with zero attached hydrogens (tertiary/aromatic N) is 6. The molecule has 3 aromatic heterocycles. The Morgan fingerprint density at radius 3 is 2.46 bits per heavy atom. The number of imidazole rings is 1. The van der Waals surface area contributed by atoms with Gasteiger partial charge in [0.05, 0.1) is 37.2 Å². The highest BCUT2D eigenvalue weighted by atomic mass is 32.2. The SMILES string of the molecule is CC1(S(N)(=O)=O)C=CC(CCNC(=O)CCCCCCNC(=O)Cc2cn(C(=O)OCCOCCNC(=O)Cn3cc(-c4ccccn4)nn3)cn2)=CC1. The summed E-state index contributed by atoms with van der Waals surface area (Å²) in [5.74, 6) is -0.519. The van der Waals surface area contributed by atoms with Crippen LogP contribution in [-0.4, -0.2) is 106 Å². The molecule has 19 heteroatoms. The molecule has 1 aliphatic rings. The number of allylic oxidation sites excluding steroid dienone is 2. The molecule has 54 heavy (non-hydrogen) atoms. The smallest absolute Gasteiger partial charge is 0.419 e. The van der Waals surface area contributed by atoms with Crippen molar-refractivity contribution < 1.29 is 37.1 Å². The molecule has 0 aromatic carbocycles. The Hall–Kier alpha value is -5.27. The second kappa shape index (κ2) is 20.8. The van der Waals surface area contributed by atoms with Crippen molar-refractivity contribution in [3.8, 4) is 11.4 Å². The molecule has 3 aromatic rings. The molecule has 0 aliphatic heterocycles. The zero-order valence-corrected chi connectivity index (χ0v) is 31.1. The summed E-state index contributed by atoms with van der Waals surface area (Å²) < 4.78 is 35.5. The number of nitrogens with two attached hydrogens (primary N) is 1. The summed E-state index contributed by atoms with van der Waals surface area (Å²) in [5.41, 5.74) is 2.61. The van der Waals surface area contributed by atoms with Gasteiger partial charge in [0.25, 0.3) is 0 Å². The molecule has 3 amide bonds. The van der Waals surface area contributed by atoms with E-state index in [1.807, 2.05) is 12.1 Å². The monoisotopic (exact) mass is 768 g/mol. The number of hydrogen-bond acceptors (Lipinski definition) is 12. The number of primary sulfonamides is 1. The van der Waals surface area contributed by atoms with Crippen molar-refractivity contribution >= 4 is 33.8 Å². The number of unbranched alkanes of at least 4 members (excludes halogenated alkanes) is 3. The number of carbonyl (C=O) groups excluding carboxylic acids is 4. The van der Waals surface area contributed by atoms with Gasteiger partial charge in [-0.3, -0.25) is 19.4 Å². The Labute approximate surface area is 314 Å². The molecule has 1 aliphatic carbocycles. The van der Waals surface area contributed by atoms with E-state index in [2.05, 4.69) is 36.2 Å². The molecular formula is C35H48N10O8S. The van der Waals surface area contributed by atoms with Gasteiger partial charge < -0.3 is 25.4 Å². The highest BCUT2D eigenvalue weighted by Gasteiger charge is 2.34. The van der Waals surface area contributed by atoms with Gasteiger partial charge in [-0.05, 0) is 44.7 Å². The van der Waals surface area contributed by atoms with Gasteiger partial charge in [-0.2, -0.15) is 0 Å². The second-order valence-corrected chi connectivity index (χ2v) is 14.9. The molecule has 1 atom stereocenters. The zero-order valence-electron chi connectivity index (χ0n) is 30.3. The summed E-state index contributed by atoms with van der Waals surface area (Å²) >= 11 is 0. The Morgan fingerprint density at radius 1 is 0.907 bits per heavy atom. The quantitative estimate of drug-likeness (QED) is 0.106. The summed E-state index contributed by atoms with van der Waals surface area (Å²) in [6, 6.07) is 5.44. The minimum Gasteiger partial charge on any atom is -0.446 e. The van der Waals surface area contributed by atoms with E-state index in [-0.39, 0.29) is 57.1 Å². The number of nitrogens with one attached hydrogen (secondary N) is 3. The van der Waals surface area contributed by atoms with Gasteiger partial charge in [-0.15, -0.1) is 5.10 Å². The fraction of sp³-hybridized carbons (Fsp3) is 0.486. The van der Waals surface area contributed by atoms with Crippen molar-refractivity contribution in [2.45, 2.75) is 69.6 Å². The van der Waals surface area contributed by atoms with Crippen LogP contribution in [0.4, 0.5) is 4.79 Å². The van der Waals surface area contributed by atoms with Crippen LogP contribution in [0, 0.1) is 0 Å². The lowest BCUT2D eigenvalue weighted by molar-refractivity contribution is -0.122. The Kier molecular flexibility index (Phi) is 16.0. The van der Waals surface area contributed by atoms with E-state index in [0.717, 1.165) is 35.8 Å². The summed E-state index contributed by atoms with van der Waals surface area (Å²) in [6.45, 7) is 3.12. The summed E-state index contributed by atoms with van der Waals surface area (Å²) in [7, 11) is -3.69. The highest BCUT2D eigenvalue weighted by Crippen LogP contribution is 2.27. The lowest BCUT2D eigenvalue weighted by Gasteiger charge is -2.25. The van der Waals surface area contributed by atoms with Gasteiger partial charge in [-0.1, -0.05) is 47.9 Å². The van der Waals surface area contributed by atoms with E-state index in [4.69, 9.17) is 14.6 Å². The Bertz CT molecular complexity index is 1880. The minimum absolute atomic E-state index is 0.00668. The molecule has 0 saturated heterocycles. The number of pyridine rings is 1. The normalized spacial score (nSPS) is 15.3. The van der Waals surface area contributed by atoms with Crippen LogP contribution < -0.4 is 21.1 Å². The molecule has 0 radical (unpaired) electrons. The van der Waals surface area contributed by atoms with Crippen molar-refractivity contribution in [2.75, 3.05) is 39.5 Å². The van der Waals surface area contributed by atoms with Gasteiger partial charge >= 0.3 is 6.09 Å². The predicted molar refractivity (Wildman–Crippen MR) is 197 cm³/mol. The minimum atomic E-state index is -3.69. The molecule has 0 spiro atoms. The molecule has 4 rings (SSSR count). The maximum absolute atomic E-state index is 12.3. The van der Waals surface area contributed by atoms with Gasteiger partial charge in [0.2, 0.25) is 27.7 Å². The lowest BCUT2D eigenvalue weighted by atomic mass is 9.96. The van der Waals surface area contributed by atoms with E-state index >= 15 is 0 Å². The van der Waals surface area contributed by atoms with Crippen LogP contribution in [0.5, 0.6) is 0 Å². The number of carbonyl (C=O) groups is 4. The third kappa shape index (κ3) is 13.9. The number of hydrogen-bond donors (Lipinski definition) is 4. The van der Waals surface area contributed by atoms with Crippen molar-refractivity contribution in [2.24, 2.45) is 5.14 Å². The van der Waals surface area contributed by atoms with Gasteiger partial charge in [0, 0.05) is 38.4 Å². The van der Waals surface area contributed by atoms with Gasteiger partial charge in [-0.25, -0.2) is 32.6 Å². The zero-order chi connectivity index (χ0) is 38.8. The van der Waals surface area contributed by atoms with Crippen LogP contribution in [0.25, 0.3) is 11.4 Å². The maximum Gasteiger partial charge on any atom is 0.419 e. The molecular weight excluding hydrogens is 721 g/mol. The predicted octanol–water partition coefficient (Wildman–Crippen LogP) is 1.40.